The van der Waals surface area contributed by atoms with Crippen molar-refractivity contribution in [1.29, 1.82) is 0 Å². The molecule has 0 aromatic heterocycles. The summed E-state index contributed by atoms with van der Waals surface area (Å²) in [7, 11) is 0. The third-order valence-corrected chi connectivity index (χ3v) is 4.61. The predicted molar refractivity (Wildman–Crippen MR) is 81.4 cm³/mol. The summed E-state index contributed by atoms with van der Waals surface area (Å²) in [5.41, 5.74) is 6.28. The van der Waals surface area contributed by atoms with Crippen molar-refractivity contribution in [3.63, 3.8) is 0 Å². The van der Waals surface area contributed by atoms with Gasteiger partial charge in [0.25, 0.3) is 5.91 Å². The van der Waals surface area contributed by atoms with E-state index in [2.05, 4.69) is 5.32 Å². The van der Waals surface area contributed by atoms with E-state index in [0.29, 0.717) is 21.6 Å². The molecule has 1 aliphatic rings. The van der Waals surface area contributed by atoms with Gasteiger partial charge in [0.05, 0.1) is 5.56 Å². The predicted octanol–water partition coefficient (Wildman–Crippen LogP) is 2.68. The van der Waals surface area contributed by atoms with Gasteiger partial charge in [-0.1, -0.05) is 12.8 Å². The normalized spacial score (nSPS) is 17.4. The first-order valence-electron chi connectivity index (χ1n) is 6.58. The van der Waals surface area contributed by atoms with Crippen molar-refractivity contribution in [1.82, 2.24) is 5.32 Å². The van der Waals surface area contributed by atoms with E-state index in [9.17, 15) is 9.18 Å². The second-order valence-corrected chi connectivity index (χ2v) is 6.15. The molecule has 19 heavy (non-hydrogen) atoms. The number of benzene rings is 1. The van der Waals surface area contributed by atoms with Crippen molar-refractivity contribution in [2.24, 2.45) is 11.7 Å². The van der Waals surface area contributed by atoms with Crippen molar-refractivity contribution in [2.45, 2.75) is 31.7 Å². The van der Waals surface area contributed by atoms with E-state index in [1.54, 1.807) is 0 Å². The standard InChI is InChI=1S/C14H18FIN2O/c15-10-5-6-11(12(16)7-10)14(19)18-13(8-17)9-3-1-2-4-9/h5-7,9,13H,1-4,8,17H2,(H,18,19). The molecule has 0 radical (unpaired) electrons. The Balaban J connectivity index is 2.06. The first-order chi connectivity index (χ1) is 9.11. The highest BCUT2D eigenvalue weighted by atomic mass is 127. The number of nitrogens with one attached hydrogen (secondary N) is 1. The molecule has 0 aliphatic heterocycles. The Hall–Kier alpha value is -0.690. The third kappa shape index (κ3) is 3.66. The molecule has 0 heterocycles. The van der Waals surface area contributed by atoms with Crippen LogP contribution in [0.5, 0.6) is 0 Å². The number of hydrogen-bond donors (Lipinski definition) is 2. The zero-order valence-electron chi connectivity index (χ0n) is 10.7. The quantitative estimate of drug-likeness (QED) is 0.794. The number of hydrogen-bond acceptors (Lipinski definition) is 2. The third-order valence-electron chi connectivity index (χ3n) is 3.72. The Morgan fingerprint density at radius 2 is 2.16 bits per heavy atom. The molecule has 5 heteroatoms. The van der Waals surface area contributed by atoms with Crippen molar-refractivity contribution < 1.29 is 9.18 Å². The van der Waals surface area contributed by atoms with Crippen LogP contribution in [-0.4, -0.2) is 18.5 Å². The SMILES string of the molecule is NCC(NC(=O)c1ccc(F)cc1I)C1CCCC1. The molecule has 3 nitrogen and oxygen atoms in total. The first-order valence-corrected chi connectivity index (χ1v) is 7.65. The molecule has 1 fully saturated rings. The largest absolute Gasteiger partial charge is 0.348 e. The minimum Gasteiger partial charge on any atom is -0.348 e. The van der Waals surface area contributed by atoms with Gasteiger partial charge in [0.1, 0.15) is 5.82 Å². The van der Waals surface area contributed by atoms with Crippen molar-refractivity contribution in [3.05, 3.63) is 33.1 Å². The van der Waals surface area contributed by atoms with Gasteiger partial charge in [0, 0.05) is 16.2 Å². The molecule has 2 rings (SSSR count). The lowest BCUT2D eigenvalue weighted by molar-refractivity contribution is 0.0923. The van der Waals surface area contributed by atoms with Crippen molar-refractivity contribution >= 4 is 28.5 Å². The summed E-state index contributed by atoms with van der Waals surface area (Å²) in [4.78, 5) is 12.2. The van der Waals surface area contributed by atoms with E-state index >= 15 is 0 Å². The molecule has 104 valence electrons. The van der Waals surface area contributed by atoms with Crippen LogP contribution in [0.2, 0.25) is 0 Å². The minimum absolute atomic E-state index is 0.0239. The number of carbonyl (C=O) groups is 1. The Labute approximate surface area is 126 Å². The summed E-state index contributed by atoms with van der Waals surface area (Å²) in [6.45, 7) is 0.453. The van der Waals surface area contributed by atoms with E-state index in [-0.39, 0.29) is 17.8 Å². The first kappa shape index (κ1) is 14.7. The molecular weight excluding hydrogens is 358 g/mol. The highest BCUT2D eigenvalue weighted by Crippen LogP contribution is 2.27. The Morgan fingerprint density at radius 3 is 2.74 bits per heavy atom. The van der Waals surface area contributed by atoms with Crippen LogP contribution in [0, 0.1) is 15.3 Å². The van der Waals surface area contributed by atoms with E-state index in [1.165, 1.54) is 31.0 Å². The van der Waals surface area contributed by atoms with E-state index < -0.39 is 0 Å². The monoisotopic (exact) mass is 376 g/mol. The topological polar surface area (TPSA) is 55.1 Å². The smallest absolute Gasteiger partial charge is 0.252 e. The summed E-state index contributed by atoms with van der Waals surface area (Å²) in [5.74, 6) is -0.00840. The molecule has 0 bridgehead atoms. The second-order valence-electron chi connectivity index (χ2n) is 4.98. The molecule has 0 saturated heterocycles. The maximum absolute atomic E-state index is 13.0. The van der Waals surface area contributed by atoms with Crippen LogP contribution in [-0.2, 0) is 0 Å². The van der Waals surface area contributed by atoms with Gasteiger partial charge in [-0.25, -0.2) is 4.39 Å². The summed E-state index contributed by atoms with van der Waals surface area (Å²) in [5, 5.41) is 2.99. The second kappa shape index (κ2) is 6.65. The zero-order valence-corrected chi connectivity index (χ0v) is 12.8. The lowest BCUT2D eigenvalue weighted by Gasteiger charge is -2.23. The summed E-state index contributed by atoms with van der Waals surface area (Å²) in [6, 6.07) is 4.22. The minimum atomic E-state index is -0.327. The van der Waals surface area contributed by atoms with Crippen LogP contribution in [0.4, 0.5) is 4.39 Å². The zero-order chi connectivity index (χ0) is 13.8. The lowest BCUT2D eigenvalue weighted by Crippen LogP contribution is -2.44. The Morgan fingerprint density at radius 1 is 1.47 bits per heavy atom. The maximum atomic E-state index is 13.0. The van der Waals surface area contributed by atoms with Crippen LogP contribution in [0.1, 0.15) is 36.0 Å². The highest BCUT2D eigenvalue weighted by molar-refractivity contribution is 14.1. The van der Waals surface area contributed by atoms with Gasteiger partial charge < -0.3 is 11.1 Å². The van der Waals surface area contributed by atoms with Crippen LogP contribution in [0.25, 0.3) is 0 Å². The van der Waals surface area contributed by atoms with Crippen molar-refractivity contribution in [3.8, 4) is 0 Å². The molecule has 1 aliphatic carbocycles. The average molecular weight is 376 g/mol. The van der Waals surface area contributed by atoms with Crippen molar-refractivity contribution in [2.75, 3.05) is 6.54 Å². The number of nitrogens with two attached hydrogens (primary N) is 1. The fraction of sp³-hybridized carbons (Fsp3) is 0.500. The van der Waals surface area contributed by atoms with Crippen LogP contribution in [0.3, 0.4) is 0 Å². The molecule has 1 aromatic rings. The molecule has 0 spiro atoms. The number of rotatable bonds is 4. The summed E-state index contributed by atoms with van der Waals surface area (Å²) >= 11 is 1.98. The lowest BCUT2D eigenvalue weighted by atomic mass is 9.98. The molecule has 1 atom stereocenters. The molecule has 1 amide bonds. The Kier molecular flexibility index (Phi) is 5.15. The highest BCUT2D eigenvalue weighted by Gasteiger charge is 2.26. The molecule has 1 unspecified atom stereocenters. The van der Waals surface area contributed by atoms with Gasteiger partial charge in [0.15, 0.2) is 0 Å². The van der Waals surface area contributed by atoms with E-state index in [4.69, 9.17) is 5.73 Å². The fourth-order valence-corrected chi connectivity index (χ4v) is 3.37. The van der Waals surface area contributed by atoms with E-state index in [0.717, 1.165) is 12.8 Å². The summed E-state index contributed by atoms with van der Waals surface area (Å²) in [6.07, 6.45) is 4.68. The Bertz CT molecular complexity index is 461. The number of amides is 1. The van der Waals surface area contributed by atoms with Gasteiger partial charge in [0.2, 0.25) is 0 Å². The van der Waals surface area contributed by atoms with Gasteiger partial charge in [-0.3, -0.25) is 4.79 Å². The van der Waals surface area contributed by atoms with Gasteiger partial charge >= 0.3 is 0 Å². The fourth-order valence-electron chi connectivity index (χ4n) is 2.65. The van der Waals surface area contributed by atoms with Gasteiger partial charge in [-0.2, -0.15) is 0 Å². The van der Waals surface area contributed by atoms with Crippen LogP contribution in [0.15, 0.2) is 18.2 Å². The maximum Gasteiger partial charge on any atom is 0.252 e. The van der Waals surface area contributed by atoms with Crippen LogP contribution < -0.4 is 11.1 Å². The van der Waals surface area contributed by atoms with Crippen LogP contribution >= 0.6 is 22.6 Å². The number of halogens is 2. The number of carbonyl (C=O) groups excluding carboxylic acids is 1. The van der Waals surface area contributed by atoms with Gasteiger partial charge in [-0.15, -0.1) is 0 Å². The molecule has 1 saturated carbocycles. The summed E-state index contributed by atoms with van der Waals surface area (Å²) < 4.78 is 13.7. The molecule has 3 N–H and O–H groups in total. The average Bonchev–Trinajstić information content (AvgIpc) is 2.89. The molecular formula is C14H18FIN2O. The van der Waals surface area contributed by atoms with Gasteiger partial charge in [-0.05, 0) is 59.5 Å². The molecule has 1 aromatic carbocycles. The van der Waals surface area contributed by atoms with E-state index in [1.807, 2.05) is 22.6 Å².